The summed E-state index contributed by atoms with van der Waals surface area (Å²) in [6.07, 6.45) is 2.13. The van der Waals surface area contributed by atoms with Gasteiger partial charge in [0, 0.05) is 34.7 Å². The number of fused-ring (bicyclic) bond motifs is 1. The van der Waals surface area contributed by atoms with Gasteiger partial charge in [-0.05, 0) is 61.2 Å². The van der Waals surface area contributed by atoms with E-state index in [-0.39, 0.29) is 11.5 Å². The number of carboxylic acid groups (broad SMARTS) is 1. The van der Waals surface area contributed by atoms with Crippen molar-refractivity contribution in [3.63, 3.8) is 0 Å². The SMILES string of the molecule is CC1CCN(c2cc(C(=O)O)c3cc(NC(=O)c4cccc(Cl)c4)ccc3n2)CC1. The standard InChI is InChI=1S/C23H22ClN3O3/c1-14-7-9-27(10-8-14)21-13-19(23(29)30)18-12-17(5-6-20(18)26-21)25-22(28)15-3-2-4-16(24)11-15/h2-6,11-14H,7-10H2,1H3,(H,25,28)(H,29,30). The van der Waals surface area contributed by atoms with Crippen molar-refractivity contribution in [3.05, 3.63) is 64.7 Å². The summed E-state index contributed by atoms with van der Waals surface area (Å²) in [6.45, 7) is 3.96. The second kappa shape index (κ2) is 8.32. The first-order valence-electron chi connectivity index (χ1n) is 9.90. The van der Waals surface area contributed by atoms with Crippen molar-refractivity contribution in [2.24, 2.45) is 5.92 Å². The van der Waals surface area contributed by atoms with E-state index in [1.54, 1.807) is 48.5 Å². The first-order chi connectivity index (χ1) is 14.4. The molecule has 2 N–H and O–H groups in total. The van der Waals surface area contributed by atoms with Crippen molar-refractivity contribution >= 4 is 45.9 Å². The first kappa shape index (κ1) is 20.2. The Morgan fingerprint density at radius 3 is 2.60 bits per heavy atom. The molecule has 1 fully saturated rings. The Morgan fingerprint density at radius 1 is 1.13 bits per heavy atom. The summed E-state index contributed by atoms with van der Waals surface area (Å²) in [5.41, 5.74) is 1.68. The predicted molar refractivity (Wildman–Crippen MR) is 119 cm³/mol. The van der Waals surface area contributed by atoms with Crippen LogP contribution >= 0.6 is 11.6 Å². The number of benzene rings is 2. The molecule has 0 spiro atoms. The van der Waals surface area contributed by atoms with Crippen LogP contribution < -0.4 is 10.2 Å². The molecule has 7 heteroatoms. The molecular weight excluding hydrogens is 402 g/mol. The van der Waals surface area contributed by atoms with E-state index in [4.69, 9.17) is 11.6 Å². The summed E-state index contributed by atoms with van der Waals surface area (Å²) in [4.78, 5) is 31.3. The highest BCUT2D eigenvalue weighted by Crippen LogP contribution is 2.28. The molecule has 0 aliphatic carbocycles. The zero-order valence-electron chi connectivity index (χ0n) is 16.6. The number of rotatable bonds is 4. The lowest BCUT2D eigenvalue weighted by molar-refractivity contribution is 0.0698. The van der Waals surface area contributed by atoms with Crippen LogP contribution in [-0.4, -0.2) is 35.1 Å². The zero-order chi connectivity index (χ0) is 21.3. The quantitative estimate of drug-likeness (QED) is 0.611. The van der Waals surface area contributed by atoms with Crippen molar-refractivity contribution in [2.45, 2.75) is 19.8 Å². The summed E-state index contributed by atoms with van der Waals surface area (Å²) >= 11 is 5.95. The van der Waals surface area contributed by atoms with Gasteiger partial charge in [-0.15, -0.1) is 0 Å². The van der Waals surface area contributed by atoms with E-state index in [0.29, 0.717) is 38.9 Å². The Hall–Kier alpha value is -3.12. The molecule has 0 unspecified atom stereocenters. The van der Waals surface area contributed by atoms with Crippen LogP contribution in [0.15, 0.2) is 48.5 Å². The molecule has 0 saturated carbocycles. The van der Waals surface area contributed by atoms with E-state index in [1.165, 1.54) is 0 Å². The normalized spacial score (nSPS) is 14.7. The third kappa shape index (κ3) is 4.24. The highest BCUT2D eigenvalue weighted by atomic mass is 35.5. The lowest BCUT2D eigenvalue weighted by atomic mass is 9.99. The number of hydrogen-bond acceptors (Lipinski definition) is 4. The molecule has 2 heterocycles. The second-order valence-electron chi connectivity index (χ2n) is 7.70. The van der Waals surface area contributed by atoms with Crippen molar-refractivity contribution in [1.82, 2.24) is 4.98 Å². The smallest absolute Gasteiger partial charge is 0.336 e. The zero-order valence-corrected chi connectivity index (χ0v) is 17.3. The molecule has 0 atom stereocenters. The van der Waals surface area contributed by atoms with E-state index >= 15 is 0 Å². The van der Waals surface area contributed by atoms with Crippen LogP contribution in [0.2, 0.25) is 5.02 Å². The van der Waals surface area contributed by atoms with Gasteiger partial charge in [0.25, 0.3) is 5.91 Å². The number of pyridine rings is 1. The molecule has 0 bridgehead atoms. The number of carbonyl (C=O) groups is 2. The minimum Gasteiger partial charge on any atom is -0.478 e. The van der Waals surface area contributed by atoms with Crippen LogP contribution in [-0.2, 0) is 0 Å². The number of aromatic nitrogens is 1. The Balaban J connectivity index is 1.66. The lowest BCUT2D eigenvalue weighted by Gasteiger charge is -2.31. The highest BCUT2D eigenvalue weighted by Gasteiger charge is 2.20. The number of piperidine rings is 1. The molecule has 3 aromatic rings. The number of nitrogens with zero attached hydrogens (tertiary/aromatic N) is 2. The van der Waals surface area contributed by atoms with E-state index in [2.05, 4.69) is 22.1 Å². The molecule has 30 heavy (non-hydrogen) atoms. The third-order valence-corrected chi connectivity index (χ3v) is 5.71. The fraction of sp³-hybridized carbons (Fsp3) is 0.261. The van der Waals surface area contributed by atoms with Crippen molar-refractivity contribution < 1.29 is 14.7 Å². The van der Waals surface area contributed by atoms with Gasteiger partial charge in [0.1, 0.15) is 5.82 Å². The monoisotopic (exact) mass is 423 g/mol. The van der Waals surface area contributed by atoms with Crippen LogP contribution in [0, 0.1) is 5.92 Å². The number of nitrogens with one attached hydrogen (secondary N) is 1. The van der Waals surface area contributed by atoms with Crippen molar-refractivity contribution in [3.8, 4) is 0 Å². The summed E-state index contributed by atoms with van der Waals surface area (Å²) in [5.74, 6) is 0.0157. The number of carboxylic acids is 1. The van der Waals surface area contributed by atoms with Gasteiger partial charge in [0.15, 0.2) is 0 Å². The summed E-state index contributed by atoms with van der Waals surface area (Å²) < 4.78 is 0. The van der Waals surface area contributed by atoms with Gasteiger partial charge in [-0.3, -0.25) is 4.79 Å². The Bertz CT molecular complexity index is 1120. The lowest BCUT2D eigenvalue weighted by Crippen LogP contribution is -2.33. The van der Waals surface area contributed by atoms with E-state index in [0.717, 1.165) is 25.9 Å². The van der Waals surface area contributed by atoms with Gasteiger partial charge in [-0.25, -0.2) is 9.78 Å². The van der Waals surface area contributed by atoms with Gasteiger partial charge in [0.2, 0.25) is 0 Å². The van der Waals surface area contributed by atoms with Crippen LogP contribution in [0.25, 0.3) is 10.9 Å². The number of amides is 1. The maximum Gasteiger partial charge on any atom is 0.336 e. The Morgan fingerprint density at radius 2 is 1.90 bits per heavy atom. The minimum absolute atomic E-state index is 0.174. The number of halogens is 1. The van der Waals surface area contributed by atoms with Crippen LogP contribution in [0.3, 0.4) is 0 Å². The molecule has 6 nitrogen and oxygen atoms in total. The van der Waals surface area contributed by atoms with E-state index in [1.807, 2.05) is 0 Å². The van der Waals surface area contributed by atoms with E-state index < -0.39 is 5.97 Å². The molecule has 1 aromatic heterocycles. The third-order valence-electron chi connectivity index (χ3n) is 5.48. The van der Waals surface area contributed by atoms with Crippen LogP contribution in [0.5, 0.6) is 0 Å². The maximum absolute atomic E-state index is 12.5. The molecule has 0 radical (unpaired) electrons. The number of carbonyl (C=O) groups excluding carboxylic acids is 1. The van der Waals surface area contributed by atoms with Gasteiger partial charge in [-0.1, -0.05) is 24.6 Å². The molecule has 1 aliphatic rings. The van der Waals surface area contributed by atoms with Gasteiger partial charge >= 0.3 is 5.97 Å². The second-order valence-corrected chi connectivity index (χ2v) is 8.14. The molecular formula is C23H22ClN3O3. The maximum atomic E-state index is 12.5. The van der Waals surface area contributed by atoms with Gasteiger partial charge in [-0.2, -0.15) is 0 Å². The molecule has 1 amide bonds. The molecule has 1 aliphatic heterocycles. The van der Waals surface area contributed by atoms with Crippen molar-refractivity contribution in [1.29, 1.82) is 0 Å². The summed E-state index contributed by atoms with van der Waals surface area (Å²) in [5, 5.41) is 13.5. The van der Waals surface area contributed by atoms with Gasteiger partial charge in [0.05, 0.1) is 11.1 Å². The highest BCUT2D eigenvalue weighted by molar-refractivity contribution is 6.31. The predicted octanol–water partition coefficient (Wildman–Crippen LogP) is 5.08. The summed E-state index contributed by atoms with van der Waals surface area (Å²) in [7, 11) is 0. The number of aromatic carboxylic acids is 1. The topological polar surface area (TPSA) is 82.5 Å². The molecule has 154 valence electrons. The average Bonchev–Trinajstić information content (AvgIpc) is 2.73. The minimum atomic E-state index is -1.02. The molecule has 4 rings (SSSR count). The van der Waals surface area contributed by atoms with Crippen LogP contribution in [0.1, 0.15) is 40.5 Å². The van der Waals surface area contributed by atoms with Gasteiger partial charge < -0.3 is 15.3 Å². The average molecular weight is 424 g/mol. The van der Waals surface area contributed by atoms with E-state index in [9.17, 15) is 14.7 Å². The number of anilines is 2. The molecule has 1 saturated heterocycles. The Kier molecular flexibility index (Phi) is 5.59. The fourth-order valence-corrected chi connectivity index (χ4v) is 3.89. The largest absolute Gasteiger partial charge is 0.478 e. The van der Waals surface area contributed by atoms with Crippen LogP contribution in [0.4, 0.5) is 11.5 Å². The molecule has 2 aromatic carbocycles. The Labute approximate surface area is 179 Å². The summed E-state index contributed by atoms with van der Waals surface area (Å²) in [6, 6.07) is 13.4. The van der Waals surface area contributed by atoms with Crippen molar-refractivity contribution in [2.75, 3.05) is 23.3 Å². The first-order valence-corrected chi connectivity index (χ1v) is 10.3. The number of hydrogen-bond donors (Lipinski definition) is 2. The fourth-order valence-electron chi connectivity index (χ4n) is 3.70.